The number of imide groups is 1. The Balaban J connectivity index is 1.73. The van der Waals surface area contributed by atoms with Gasteiger partial charge < -0.3 is 5.32 Å². The van der Waals surface area contributed by atoms with Crippen molar-refractivity contribution in [3.8, 4) is 0 Å². The fraction of sp³-hybridized carbons (Fsp3) is 0.190. The zero-order chi connectivity index (χ0) is 22.0. The van der Waals surface area contributed by atoms with Crippen LogP contribution >= 0.6 is 11.8 Å². The van der Waals surface area contributed by atoms with Gasteiger partial charge in [0.15, 0.2) is 0 Å². The first-order chi connectivity index (χ1) is 14.2. The molecule has 0 unspecified atom stereocenters. The molecule has 1 N–H and O–H groups in total. The van der Waals surface area contributed by atoms with E-state index in [1.165, 1.54) is 12.1 Å². The van der Waals surface area contributed by atoms with Crippen molar-refractivity contribution in [2.24, 2.45) is 0 Å². The molecule has 1 aliphatic rings. The van der Waals surface area contributed by atoms with E-state index in [9.17, 15) is 24.5 Å². The Bertz CT molecular complexity index is 1110. The summed E-state index contributed by atoms with van der Waals surface area (Å²) in [6.07, 6.45) is 1.42. The third-order valence-corrected chi connectivity index (χ3v) is 5.60. The third-order valence-electron chi connectivity index (χ3n) is 4.69. The van der Waals surface area contributed by atoms with E-state index < -0.39 is 28.5 Å². The van der Waals surface area contributed by atoms with Gasteiger partial charge in [0.1, 0.15) is 6.54 Å². The first kappa shape index (κ1) is 21.3. The Labute approximate surface area is 177 Å². The van der Waals surface area contributed by atoms with Crippen molar-refractivity contribution in [1.82, 2.24) is 4.90 Å². The van der Waals surface area contributed by atoms with E-state index in [0.717, 1.165) is 16.0 Å². The highest BCUT2D eigenvalue weighted by atomic mass is 32.2. The predicted octanol–water partition coefficient (Wildman–Crippen LogP) is 4.20. The summed E-state index contributed by atoms with van der Waals surface area (Å²) in [5, 5.41) is 13.2. The number of thioether (sulfide) groups is 1. The summed E-state index contributed by atoms with van der Waals surface area (Å²) in [6, 6.07) is 9.97. The first-order valence-corrected chi connectivity index (χ1v) is 9.85. The maximum Gasteiger partial charge on any atom is 0.294 e. The fourth-order valence-corrected chi connectivity index (χ4v) is 3.70. The lowest BCUT2D eigenvalue weighted by molar-refractivity contribution is -0.385. The summed E-state index contributed by atoms with van der Waals surface area (Å²) in [4.78, 5) is 48.7. The van der Waals surface area contributed by atoms with Crippen molar-refractivity contribution < 1.29 is 19.3 Å². The predicted molar refractivity (Wildman–Crippen MR) is 115 cm³/mol. The minimum absolute atomic E-state index is 0.0734. The average Bonchev–Trinajstić information content (AvgIpc) is 2.93. The number of benzene rings is 2. The highest BCUT2D eigenvalue weighted by Crippen LogP contribution is 2.33. The van der Waals surface area contributed by atoms with Gasteiger partial charge in [-0.1, -0.05) is 18.2 Å². The molecule has 1 aliphatic heterocycles. The van der Waals surface area contributed by atoms with E-state index in [2.05, 4.69) is 5.32 Å². The molecule has 0 atom stereocenters. The van der Waals surface area contributed by atoms with Gasteiger partial charge in [-0.25, -0.2) is 0 Å². The molecule has 0 aromatic heterocycles. The molecule has 3 rings (SSSR count). The van der Waals surface area contributed by atoms with Crippen molar-refractivity contribution in [3.05, 3.63) is 73.7 Å². The van der Waals surface area contributed by atoms with Crippen LogP contribution in [0.3, 0.4) is 0 Å². The lowest BCUT2D eigenvalue weighted by Gasteiger charge is -2.13. The summed E-state index contributed by atoms with van der Waals surface area (Å²) in [5.74, 6) is -1.10. The smallest absolute Gasteiger partial charge is 0.294 e. The second kappa shape index (κ2) is 8.50. The number of carbonyl (C=O) groups excluding carboxylic acids is 3. The van der Waals surface area contributed by atoms with Gasteiger partial charge in [0.25, 0.3) is 16.8 Å². The molecule has 0 bridgehead atoms. The zero-order valence-corrected chi connectivity index (χ0v) is 17.4. The first-order valence-electron chi connectivity index (χ1n) is 9.03. The second-order valence-corrected chi connectivity index (χ2v) is 7.91. The third kappa shape index (κ3) is 4.57. The topological polar surface area (TPSA) is 110 Å². The van der Waals surface area contributed by atoms with Gasteiger partial charge in [-0.05, 0) is 67.4 Å². The van der Waals surface area contributed by atoms with Crippen LogP contribution < -0.4 is 5.32 Å². The van der Waals surface area contributed by atoms with E-state index >= 15 is 0 Å². The van der Waals surface area contributed by atoms with Crippen molar-refractivity contribution in [2.75, 3.05) is 11.9 Å². The number of amides is 3. The monoisotopic (exact) mass is 425 g/mol. The number of aryl methyl sites for hydroxylation is 3. The number of hydrogen-bond donors (Lipinski definition) is 1. The summed E-state index contributed by atoms with van der Waals surface area (Å²) in [6.45, 7) is 5.07. The van der Waals surface area contributed by atoms with E-state index in [1.807, 2.05) is 26.0 Å². The summed E-state index contributed by atoms with van der Waals surface area (Å²) < 4.78 is 0. The van der Waals surface area contributed by atoms with Crippen molar-refractivity contribution in [1.29, 1.82) is 0 Å². The summed E-state index contributed by atoms with van der Waals surface area (Å²) in [7, 11) is 0. The molecule has 3 amide bonds. The number of carbonyl (C=O) groups is 3. The molecule has 9 heteroatoms. The normalized spacial score (nSPS) is 15.0. The van der Waals surface area contributed by atoms with Crippen molar-refractivity contribution >= 4 is 46.3 Å². The average molecular weight is 425 g/mol. The van der Waals surface area contributed by atoms with Crippen LogP contribution in [0.15, 0.2) is 41.3 Å². The number of anilines is 1. The number of nitro groups is 1. The number of rotatable bonds is 5. The molecule has 0 saturated carbocycles. The van der Waals surface area contributed by atoms with Crippen LogP contribution in [-0.2, 0) is 9.59 Å². The van der Waals surface area contributed by atoms with E-state index in [1.54, 1.807) is 25.1 Å². The molecule has 0 radical (unpaired) electrons. The van der Waals surface area contributed by atoms with Crippen molar-refractivity contribution in [2.45, 2.75) is 20.8 Å². The van der Waals surface area contributed by atoms with Gasteiger partial charge in [-0.3, -0.25) is 29.4 Å². The Morgan fingerprint density at radius 2 is 1.80 bits per heavy atom. The van der Waals surface area contributed by atoms with Crippen LogP contribution in [0.4, 0.5) is 16.2 Å². The number of hydrogen-bond acceptors (Lipinski definition) is 6. The van der Waals surface area contributed by atoms with Crippen LogP contribution in [-0.4, -0.2) is 33.4 Å². The van der Waals surface area contributed by atoms with Crippen LogP contribution in [0.25, 0.3) is 6.08 Å². The minimum Gasteiger partial charge on any atom is -0.325 e. The fourth-order valence-electron chi connectivity index (χ4n) is 2.86. The maximum atomic E-state index is 12.6. The zero-order valence-electron chi connectivity index (χ0n) is 16.6. The maximum absolute atomic E-state index is 12.6. The molecule has 154 valence electrons. The van der Waals surface area contributed by atoms with Crippen molar-refractivity contribution in [3.63, 3.8) is 0 Å². The number of nitrogens with zero attached hydrogens (tertiary/aromatic N) is 2. The highest BCUT2D eigenvalue weighted by Gasteiger charge is 2.36. The second-order valence-electron chi connectivity index (χ2n) is 6.92. The van der Waals surface area contributed by atoms with Gasteiger partial charge in [-0.15, -0.1) is 0 Å². The van der Waals surface area contributed by atoms with Gasteiger partial charge in [0.05, 0.1) is 9.83 Å². The number of nitro benzene ring substituents is 1. The van der Waals surface area contributed by atoms with Gasteiger partial charge in [-0.2, -0.15) is 0 Å². The Hall–Kier alpha value is -3.46. The number of nitrogens with one attached hydrogen (secondary N) is 1. The largest absolute Gasteiger partial charge is 0.325 e. The van der Waals surface area contributed by atoms with Crippen LogP contribution in [0, 0.1) is 30.9 Å². The van der Waals surface area contributed by atoms with Gasteiger partial charge >= 0.3 is 0 Å². The molecule has 1 heterocycles. The highest BCUT2D eigenvalue weighted by molar-refractivity contribution is 8.18. The molecular weight excluding hydrogens is 406 g/mol. The molecule has 0 spiro atoms. The minimum atomic E-state index is -0.608. The van der Waals surface area contributed by atoms with E-state index in [-0.39, 0.29) is 10.6 Å². The van der Waals surface area contributed by atoms with E-state index in [0.29, 0.717) is 28.6 Å². The standard InChI is InChI=1S/C21H19N3O5S/c1-12-5-7-16(8-14(12)3)22-19(25)11-23-20(26)18(30-21(23)27)10-15-6-4-13(2)17(9-15)24(28)29/h4-10H,11H2,1-3H3,(H,22,25)/b18-10+. The van der Waals surface area contributed by atoms with Gasteiger partial charge in [0.2, 0.25) is 5.91 Å². The molecular formula is C21H19N3O5S. The molecule has 2 aromatic rings. The lowest BCUT2D eigenvalue weighted by atomic mass is 10.1. The van der Waals surface area contributed by atoms with E-state index in [4.69, 9.17) is 0 Å². The quantitative estimate of drug-likeness (QED) is 0.437. The summed E-state index contributed by atoms with van der Waals surface area (Å²) in [5.41, 5.74) is 3.52. The lowest BCUT2D eigenvalue weighted by Crippen LogP contribution is -2.36. The van der Waals surface area contributed by atoms with Gasteiger partial charge in [0, 0.05) is 17.3 Å². The Kier molecular flexibility index (Phi) is 6.02. The summed E-state index contributed by atoms with van der Waals surface area (Å²) >= 11 is 0.696. The molecule has 1 saturated heterocycles. The molecule has 1 fully saturated rings. The molecule has 30 heavy (non-hydrogen) atoms. The Morgan fingerprint density at radius 1 is 1.10 bits per heavy atom. The van der Waals surface area contributed by atoms with Crippen LogP contribution in [0.2, 0.25) is 0 Å². The molecule has 8 nitrogen and oxygen atoms in total. The van der Waals surface area contributed by atoms with Crippen LogP contribution in [0.1, 0.15) is 22.3 Å². The molecule has 2 aromatic carbocycles. The molecule has 0 aliphatic carbocycles. The Morgan fingerprint density at radius 3 is 2.47 bits per heavy atom. The SMILES string of the molecule is Cc1ccc(NC(=O)CN2C(=O)S/C(=C/c3ccc(C)c([N+](=O)[O-])c3)C2=O)cc1C. The van der Waals surface area contributed by atoms with Crippen LogP contribution in [0.5, 0.6) is 0 Å².